The van der Waals surface area contributed by atoms with E-state index < -0.39 is 0 Å². The van der Waals surface area contributed by atoms with Crippen molar-refractivity contribution in [2.24, 2.45) is 5.92 Å². The van der Waals surface area contributed by atoms with Crippen LogP contribution >= 0.6 is 0 Å². The summed E-state index contributed by atoms with van der Waals surface area (Å²) in [6.07, 6.45) is 2.68. The van der Waals surface area contributed by atoms with Gasteiger partial charge in [0, 0.05) is 26.4 Å². The van der Waals surface area contributed by atoms with Gasteiger partial charge in [0.25, 0.3) is 5.91 Å². The molecule has 1 aromatic heterocycles. The van der Waals surface area contributed by atoms with Gasteiger partial charge in [-0.1, -0.05) is 13.8 Å². The Kier molecular flexibility index (Phi) is 6.89. The van der Waals surface area contributed by atoms with E-state index in [0.29, 0.717) is 24.6 Å². The molecule has 19 heavy (non-hydrogen) atoms. The lowest BCUT2D eigenvalue weighted by Gasteiger charge is -2.08. The molecule has 5 heteroatoms. The van der Waals surface area contributed by atoms with Crippen LogP contribution in [0.3, 0.4) is 0 Å². The molecule has 0 unspecified atom stereocenters. The molecule has 0 saturated heterocycles. The van der Waals surface area contributed by atoms with E-state index in [2.05, 4.69) is 29.5 Å². The van der Waals surface area contributed by atoms with Gasteiger partial charge < -0.3 is 15.4 Å². The molecule has 0 spiro atoms. The van der Waals surface area contributed by atoms with Gasteiger partial charge in [-0.25, -0.2) is 4.98 Å². The minimum atomic E-state index is -0.127. The number of carbonyl (C=O) groups excluding carboxylic acids is 1. The van der Waals surface area contributed by atoms with Crippen molar-refractivity contribution in [2.75, 3.05) is 32.1 Å². The Bertz CT molecular complexity index is 377. The fraction of sp³-hybridized carbons (Fsp3) is 0.571. The van der Waals surface area contributed by atoms with Crippen LogP contribution in [0.4, 0.5) is 5.82 Å². The van der Waals surface area contributed by atoms with Gasteiger partial charge in [0.1, 0.15) is 5.82 Å². The second kappa shape index (κ2) is 8.48. The van der Waals surface area contributed by atoms with Crippen molar-refractivity contribution in [2.45, 2.75) is 20.3 Å². The first kappa shape index (κ1) is 15.4. The van der Waals surface area contributed by atoms with Gasteiger partial charge in [-0.3, -0.25) is 4.79 Å². The Labute approximate surface area is 114 Å². The predicted octanol–water partition coefficient (Wildman–Crippen LogP) is 1.92. The van der Waals surface area contributed by atoms with E-state index in [-0.39, 0.29) is 5.91 Å². The van der Waals surface area contributed by atoms with E-state index in [0.717, 1.165) is 18.8 Å². The van der Waals surface area contributed by atoms with Gasteiger partial charge in [-0.15, -0.1) is 0 Å². The summed E-state index contributed by atoms with van der Waals surface area (Å²) >= 11 is 0. The molecule has 2 N–H and O–H groups in total. The Morgan fingerprint density at radius 2 is 2.16 bits per heavy atom. The number of hydrogen-bond acceptors (Lipinski definition) is 4. The minimum absolute atomic E-state index is 0.127. The summed E-state index contributed by atoms with van der Waals surface area (Å²) < 4.78 is 4.87. The third-order valence-corrected chi connectivity index (χ3v) is 2.65. The average molecular weight is 265 g/mol. The van der Waals surface area contributed by atoms with Crippen LogP contribution in [0.2, 0.25) is 0 Å². The highest BCUT2D eigenvalue weighted by Crippen LogP contribution is 2.06. The number of nitrogens with one attached hydrogen (secondary N) is 2. The fourth-order valence-corrected chi connectivity index (χ4v) is 1.49. The molecular formula is C14H23N3O2. The van der Waals surface area contributed by atoms with Crippen molar-refractivity contribution in [1.82, 2.24) is 10.3 Å². The molecule has 0 radical (unpaired) electrons. The van der Waals surface area contributed by atoms with Gasteiger partial charge in [0.15, 0.2) is 0 Å². The van der Waals surface area contributed by atoms with E-state index in [1.807, 2.05) is 6.07 Å². The summed E-state index contributed by atoms with van der Waals surface area (Å²) in [5, 5.41) is 5.98. The zero-order valence-electron chi connectivity index (χ0n) is 11.9. The van der Waals surface area contributed by atoms with Crippen LogP contribution in [0.1, 0.15) is 30.6 Å². The molecule has 0 bridgehead atoms. The number of pyridine rings is 1. The molecule has 106 valence electrons. The number of methoxy groups -OCH3 is 1. The third kappa shape index (κ3) is 6.20. The molecule has 0 aliphatic carbocycles. The molecule has 0 saturated carbocycles. The zero-order chi connectivity index (χ0) is 14.1. The highest BCUT2D eigenvalue weighted by Gasteiger charge is 2.05. The predicted molar refractivity (Wildman–Crippen MR) is 76.4 cm³/mol. The van der Waals surface area contributed by atoms with Crippen LogP contribution in [0.5, 0.6) is 0 Å². The maximum atomic E-state index is 11.7. The van der Waals surface area contributed by atoms with E-state index in [1.54, 1.807) is 19.4 Å². The second-order valence-electron chi connectivity index (χ2n) is 4.79. The first-order valence-corrected chi connectivity index (χ1v) is 6.60. The first-order chi connectivity index (χ1) is 9.13. The van der Waals surface area contributed by atoms with Gasteiger partial charge in [0.05, 0.1) is 12.2 Å². The number of amides is 1. The van der Waals surface area contributed by atoms with E-state index in [1.165, 1.54) is 0 Å². The molecule has 0 fully saturated rings. The molecule has 0 aromatic carbocycles. The summed E-state index contributed by atoms with van der Waals surface area (Å²) in [4.78, 5) is 15.9. The minimum Gasteiger partial charge on any atom is -0.383 e. The smallest absolute Gasteiger partial charge is 0.252 e. The largest absolute Gasteiger partial charge is 0.383 e. The van der Waals surface area contributed by atoms with Crippen molar-refractivity contribution in [3.63, 3.8) is 0 Å². The second-order valence-corrected chi connectivity index (χ2v) is 4.79. The van der Waals surface area contributed by atoms with Crippen molar-refractivity contribution in [3.05, 3.63) is 23.9 Å². The molecule has 0 atom stereocenters. The van der Waals surface area contributed by atoms with E-state index in [4.69, 9.17) is 4.74 Å². The summed E-state index contributed by atoms with van der Waals surface area (Å²) in [6.45, 7) is 6.27. The Morgan fingerprint density at radius 1 is 1.37 bits per heavy atom. The fourth-order valence-electron chi connectivity index (χ4n) is 1.49. The maximum Gasteiger partial charge on any atom is 0.252 e. The third-order valence-electron chi connectivity index (χ3n) is 2.65. The number of aromatic nitrogens is 1. The van der Waals surface area contributed by atoms with E-state index in [9.17, 15) is 4.79 Å². The Morgan fingerprint density at radius 3 is 2.74 bits per heavy atom. The lowest BCUT2D eigenvalue weighted by Crippen LogP contribution is -2.27. The van der Waals surface area contributed by atoms with Crippen LogP contribution in [0, 0.1) is 5.92 Å². The highest BCUT2D eigenvalue weighted by atomic mass is 16.5. The van der Waals surface area contributed by atoms with Crippen LogP contribution < -0.4 is 10.6 Å². The maximum absolute atomic E-state index is 11.7. The van der Waals surface area contributed by atoms with Crippen LogP contribution in [-0.4, -0.2) is 37.7 Å². The summed E-state index contributed by atoms with van der Waals surface area (Å²) in [5.41, 5.74) is 0.561. The van der Waals surface area contributed by atoms with Crippen molar-refractivity contribution in [3.8, 4) is 0 Å². The van der Waals surface area contributed by atoms with Crippen LogP contribution in [-0.2, 0) is 4.74 Å². The highest BCUT2D eigenvalue weighted by molar-refractivity contribution is 5.94. The van der Waals surface area contributed by atoms with Crippen molar-refractivity contribution < 1.29 is 9.53 Å². The lowest BCUT2D eigenvalue weighted by molar-refractivity contribution is 0.0937. The average Bonchev–Trinajstić information content (AvgIpc) is 2.39. The normalized spacial score (nSPS) is 10.5. The molecule has 1 aromatic rings. The van der Waals surface area contributed by atoms with Crippen molar-refractivity contribution in [1.29, 1.82) is 0 Å². The molecule has 1 rings (SSSR count). The number of ether oxygens (including phenoxy) is 1. The van der Waals surface area contributed by atoms with Gasteiger partial charge >= 0.3 is 0 Å². The first-order valence-electron chi connectivity index (χ1n) is 6.60. The summed E-state index contributed by atoms with van der Waals surface area (Å²) in [5.74, 6) is 1.34. The Balaban J connectivity index is 2.40. The molecule has 1 heterocycles. The summed E-state index contributed by atoms with van der Waals surface area (Å²) in [6, 6.07) is 3.60. The number of hydrogen-bond donors (Lipinski definition) is 2. The number of rotatable bonds is 8. The van der Waals surface area contributed by atoms with Crippen LogP contribution in [0.25, 0.3) is 0 Å². The van der Waals surface area contributed by atoms with Gasteiger partial charge in [-0.2, -0.15) is 0 Å². The monoisotopic (exact) mass is 265 g/mol. The number of nitrogens with zero attached hydrogens (tertiary/aromatic N) is 1. The standard InChI is InChI=1S/C14H23N3O2/c1-11(2)6-7-15-13-5-4-12(10-17-13)14(18)16-8-9-19-3/h4-5,10-11H,6-9H2,1-3H3,(H,15,17)(H,16,18). The molecule has 5 nitrogen and oxygen atoms in total. The molecule has 1 amide bonds. The molecular weight excluding hydrogens is 242 g/mol. The topological polar surface area (TPSA) is 63.2 Å². The van der Waals surface area contributed by atoms with E-state index >= 15 is 0 Å². The molecule has 0 aliphatic heterocycles. The lowest BCUT2D eigenvalue weighted by atomic mass is 10.1. The van der Waals surface area contributed by atoms with Crippen LogP contribution in [0.15, 0.2) is 18.3 Å². The number of carbonyl (C=O) groups is 1. The molecule has 0 aliphatic rings. The number of anilines is 1. The van der Waals surface area contributed by atoms with Gasteiger partial charge in [0.2, 0.25) is 0 Å². The zero-order valence-corrected chi connectivity index (χ0v) is 11.9. The SMILES string of the molecule is COCCNC(=O)c1ccc(NCCC(C)C)nc1. The van der Waals surface area contributed by atoms with Crippen molar-refractivity contribution >= 4 is 11.7 Å². The summed E-state index contributed by atoms with van der Waals surface area (Å²) in [7, 11) is 1.60. The van der Waals surface area contributed by atoms with Gasteiger partial charge in [-0.05, 0) is 24.5 Å². The quantitative estimate of drug-likeness (QED) is 0.705. The Hall–Kier alpha value is -1.62.